The van der Waals surface area contributed by atoms with Crippen molar-refractivity contribution in [1.82, 2.24) is 5.43 Å². The zero-order valence-electron chi connectivity index (χ0n) is 8.49. The molecule has 1 aliphatic carbocycles. The van der Waals surface area contributed by atoms with Crippen LogP contribution in [0.15, 0.2) is 39.9 Å². The fourth-order valence-electron chi connectivity index (χ4n) is 1.96. The molecular formula is C11H12N2O2. The number of hydrogen-bond donors (Lipinski definition) is 1. The van der Waals surface area contributed by atoms with Crippen molar-refractivity contribution < 1.29 is 9.47 Å². The van der Waals surface area contributed by atoms with Gasteiger partial charge in [-0.05, 0) is 30.2 Å². The summed E-state index contributed by atoms with van der Waals surface area (Å²) in [7, 11) is 0. The molecule has 0 aromatic carbocycles. The van der Waals surface area contributed by atoms with Gasteiger partial charge in [0.05, 0.1) is 6.21 Å². The van der Waals surface area contributed by atoms with Crippen LogP contribution in [-0.4, -0.2) is 19.1 Å². The summed E-state index contributed by atoms with van der Waals surface area (Å²) >= 11 is 0. The SMILES string of the molecule is CC1=CC2=C(C=NN1)CC1OCOC1=C2. The van der Waals surface area contributed by atoms with E-state index in [9.17, 15) is 0 Å². The molecule has 1 N–H and O–H groups in total. The molecule has 15 heavy (non-hydrogen) atoms. The van der Waals surface area contributed by atoms with E-state index in [0.29, 0.717) is 6.79 Å². The fraction of sp³-hybridized carbons (Fsp3) is 0.364. The van der Waals surface area contributed by atoms with Crippen molar-refractivity contribution >= 4 is 6.21 Å². The first-order chi connectivity index (χ1) is 7.33. The van der Waals surface area contributed by atoms with Crippen LogP contribution in [0.2, 0.25) is 0 Å². The normalized spacial score (nSPS) is 28.2. The highest BCUT2D eigenvalue weighted by molar-refractivity contribution is 5.83. The first-order valence-electron chi connectivity index (χ1n) is 4.99. The molecule has 1 saturated heterocycles. The molecule has 2 heterocycles. The van der Waals surface area contributed by atoms with Crippen molar-refractivity contribution in [1.29, 1.82) is 0 Å². The van der Waals surface area contributed by atoms with Crippen molar-refractivity contribution in [2.24, 2.45) is 5.10 Å². The molecule has 0 aromatic heterocycles. The lowest BCUT2D eigenvalue weighted by Gasteiger charge is -2.16. The minimum Gasteiger partial charge on any atom is -0.469 e. The van der Waals surface area contributed by atoms with E-state index in [1.807, 2.05) is 19.2 Å². The molecular weight excluding hydrogens is 192 g/mol. The lowest BCUT2D eigenvalue weighted by Crippen LogP contribution is -2.14. The second-order valence-corrected chi connectivity index (χ2v) is 3.85. The lowest BCUT2D eigenvalue weighted by atomic mass is 9.95. The topological polar surface area (TPSA) is 42.9 Å². The van der Waals surface area contributed by atoms with E-state index in [2.05, 4.69) is 16.6 Å². The summed E-state index contributed by atoms with van der Waals surface area (Å²) in [5, 5.41) is 4.12. The lowest BCUT2D eigenvalue weighted by molar-refractivity contribution is 0.0505. The first kappa shape index (κ1) is 8.73. The monoisotopic (exact) mass is 204 g/mol. The van der Waals surface area contributed by atoms with Gasteiger partial charge in [0.25, 0.3) is 0 Å². The Hall–Kier alpha value is -1.55. The number of rotatable bonds is 0. The number of hydrogen-bond acceptors (Lipinski definition) is 4. The Labute approximate surface area is 87.9 Å². The van der Waals surface area contributed by atoms with Crippen LogP contribution >= 0.6 is 0 Å². The smallest absolute Gasteiger partial charge is 0.189 e. The summed E-state index contributed by atoms with van der Waals surface area (Å²) in [6.45, 7) is 2.36. The van der Waals surface area contributed by atoms with E-state index in [-0.39, 0.29) is 6.10 Å². The van der Waals surface area contributed by atoms with E-state index < -0.39 is 0 Å². The van der Waals surface area contributed by atoms with Crippen LogP contribution in [0.3, 0.4) is 0 Å². The van der Waals surface area contributed by atoms with Gasteiger partial charge in [-0.1, -0.05) is 0 Å². The van der Waals surface area contributed by atoms with Crippen LogP contribution in [0.25, 0.3) is 0 Å². The van der Waals surface area contributed by atoms with Crippen molar-refractivity contribution in [3.63, 3.8) is 0 Å². The number of fused-ring (bicyclic) bond motifs is 1. The van der Waals surface area contributed by atoms with Gasteiger partial charge in [-0.2, -0.15) is 5.10 Å². The Balaban J connectivity index is 2.02. The molecule has 4 nitrogen and oxygen atoms in total. The van der Waals surface area contributed by atoms with Crippen LogP contribution in [0.1, 0.15) is 13.3 Å². The van der Waals surface area contributed by atoms with Crippen LogP contribution < -0.4 is 5.43 Å². The average molecular weight is 204 g/mol. The standard InChI is InChI=1S/C11H12N2O2/c1-7-2-8-3-10-11(15-6-14-10)4-9(8)5-12-13-7/h2-3,5,11,13H,4,6H2,1H3. The quantitative estimate of drug-likeness (QED) is 0.649. The number of hydrazone groups is 1. The molecule has 4 heteroatoms. The van der Waals surface area contributed by atoms with Crippen molar-refractivity contribution in [3.05, 3.63) is 34.8 Å². The molecule has 78 valence electrons. The Morgan fingerprint density at radius 3 is 3.33 bits per heavy atom. The van der Waals surface area contributed by atoms with Gasteiger partial charge in [0.2, 0.25) is 0 Å². The van der Waals surface area contributed by atoms with Gasteiger partial charge in [0.1, 0.15) is 11.9 Å². The molecule has 0 amide bonds. The van der Waals surface area contributed by atoms with Crippen molar-refractivity contribution in [3.8, 4) is 0 Å². The summed E-state index contributed by atoms with van der Waals surface area (Å²) in [5.74, 6) is 0.938. The van der Waals surface area contributed by atoms with E-state index in [4.69, 9.17) is 9.47 Å². The molecule has 1 fully saturated rings. The second kappa shape index (κ2) is 3.24. The predicted molar refractivity (Wildman–Crippen MR) is 55.9 cm³/mol. The van der Waals surface area contributed by atoms with E-state index in [1.54, 1.807) is 0 Å². The summed E-state index contributed by atoms with van der Waals surface area (Å²) in [5.41, 5.74) is 6.34. The molecule has 1 unspecified atom stereocenters. The Morgan fingerprint density at radius 2 is 2.40 bits per heavy atom. The van der Waals surface area contributed by atoms with Gasteiger partial charge >= 0.3 is 0 Å². The molecule has 3 aliphatic rings. The summed E-state index contributed by atoms with van der Waals surface area (Å²) in [4.78, 5) is 0. The third-order valence-corrected chi connectivity index (χ3v) is 2.72. The maximum atomic E-state index is 5.45. The van der Waals surface area contributed by atoms with Crippen molar-refractivity contribution in [2.75, 3.05) is 6.79 Å². The van der Waals surface area contributed by atoms with E-state index in [0.717, 1.165) is 23.5 Å². The molecule has 2 aliphatic heterocycles. The van der Waals surface area contributed by atoms with Gasteiger partial charge in [-0.25, -0.2) is 0 Å². The van der Waals surface area contributed by atoms with Gasteiger partial charge < -0.3 is 9.47 Å². The van der Waals surface area contributed by atoms with Gasteiger partial charge in [0.15, 0.2) is 6.79 Å². The van der Waals surface area contributed by atoms with Gasteiger partial charge in [-0.15, -0.1) is 0 Å². The number of nitrogens with zero attached hydrogens (tertiary/aromatic N) is 1. The molecule has 0 spiro atoms. The second-order valence-electron chi connectivity index (χ2n) is 3.85. The van der Waals surface area contributed by atoms with Crippen LogP contribution in [0, 0.1) is 0 Å². The fourth-order valence-corrected chi connectivity index (χ4v) is 1.96. The Kier molecular flexibility index (Phi) is 1.89. The Morgan fingerprint density at radius 1 is 1.47 bits per heavy atom. The highest BCUT2D eigenvalue weighted by atomic mass is 16.7. The number of allylic oxidation sites excluding steroid dienone is 4. The largest absolute Gasteiger partial charge is 0.469 e. The summed E-state index contributed by atoms with van der Waals surface area (Å²) < 4.78 is 10.8. The maximum Gasteiger partial charge on any atom is 0.189 e. The van der Waals surface area contributed by atoms with E-state index >= 15 is 0 Å². The zero-order chi connectivity index (χ0) is 10.3. The molecule has 0 bridgehead atoms. The minimum absolute atomic E-state index is 0.0852. The average Bonchev–Trinajstić information content (AvgIpc) is 2.57. The minimum atomic E-state index is 0.0852. The molecule has 0 saturated carbocycles. The van der Waals surface area contributed by atoms with Crippen molar-refractivity contribution in [2.45, 2.75) is 19.4 Å². The molecule has 1 atom stereocenters. The molecule has 0 radical (unpaired) electrons. The summed E-state index contributed by atoms with van der Waals surface area (Å²) in [6.07, 6.45) is 6.90. The molecule has 0 aromatic rings. The van der Waals surface area contributed by atoms with Gasteiger partial charge in [-0.3, -0.25) is 5.43 Å². The first-order valence-corrected chi connectivity index (χ1v) is 4.99. The number of ether oxygens (including phenoxy) is 2. The third kappa shape index (κ3) is 1.47. The highest BCUT2D eigenvalue weighted by Crippen LogP contribution is 2.31. The molecule has 3 rings (SSSR count). The predicted octanol–water partition coefficient (Wildman–Crippen LogP) is 1.44. The third-order valence-electron chi connectivity index (χ3n) is 2.72. The highest BCUT2D eigenvalue weighted by Gasteiger charge is 2.29. The van der Waals surface area contributed by atoms with Gasteiger partial charge in [0, 0.05) is 12.1 Å². The zero-order valence-corrected chi connectivity index (χ0v) is 8.49. The van der Waals surface area contributed by atoms with Crippen LogP contribution in [0.5, 0.6) is 0 Å². The van der Waals surface area contributed by atoms with Crippen LogP contribution in [0.4, 0.5) is 0 Å². The Bertz CT molecular complexity index is 418. The maximum absolute atomic E-state index is 5.45. The van der Waals surface area contributed by atoms with E-state index in [1.165, 1.54) is 5.57 Å². The summed E-state index contributed by atoms with van der Waals surface area (Å²) in [6, 6.07) is 0. The van der Waals surface area contributed by atoms with Crippen LogP contribution in [-0.2, 0) is 9.47 Å². The number of nitrogens with one attached hydrogen (secondary N) is 1.